The maximum atomic E-state index is 5.67. The van der Waals surface area contributed by atoms with Crippen molar-refractivity contribution in [1.29, 1.82) is 0 Å². The van der Waals surface area contributed by atoms with Gasteiger partial charge in [0, 0.05) is 0 Å². The Kier molecular flexibility index (Phi) is 3.66. The molecule has 3 rings (SSSR count). The summed E-state index contributed by atoms with van der Waals surface area (Å²) >= 11 is 4.80. The number of anilines is 1. The van der Waals surface area contributed by atoms with Gasteiger partial charge in [-0.2, -0.15) is 4.68 Å². The highest BCUT2D eigenvalue weighted by molar-refractivity contribution is 9.10. The lowest BCUT2D eigenvalue weighted by Crippen LogP contribution is -1.99. The van der Waals surface area contributed by atoms with E-state index in [2.05, 4.69) is 36.4 Å². The largest absolute Gasteiger partial charge is 0.397 e. The van der Waals surface area contributed by atoms with E-state index in [1.807, 2.05) is 30.3 Å². The van der Waals surface area contributed by atoms with Crippen molar-refractivity contribution >= 4 is 33.4 Å². The molecule has 100 valence electrons. The average molecular weight is 349 g/mol. The van der Waals surface area contributed by atoms with E-state index < -0.39 is 0 Å². The monoisotopic (exact) mass is 348 g/mol. The van der Waals surface area contributed by atoms with E-state index >= 15 is 0 Å². The molecule has 0 aliphatic heterocycles. The molecule has 0 unspecified atom stereocenters. The van der Waals surface area contributed by atoms with Crippen LogP contribution in [0.5, 0.6) is 0 Å². The van der Waals surface area contributed by atoms with Crippen LogP contribution in [0.1, 0.15) is 0 Å². The van der Waals surface area contributed by atoms with E-state index in [1.165, 1.54) is 11.8 Å². The van der Waals surface area contributed by atoms with E-state index in [-0.39, 0.29) is 0 Å². The quantitative estimate of drug-likeness (QED) is 0.783. The molecule has 0 fully saturated rings. The molecule has 0 radical (unpaired) electrons. The molecule has 0 bridgehead atoms. The number of aromatic nitrogens is 5. The molecule has 2 N–H and O–H groups in total. The summed E-state index contributed by atoms with van der Waals surface area (Å²) in [6.45, 7) is 0. The summed E-state index contributed by atoms with van der Waals surface area (Å²) in [7, 11) is 0. The van der Waals surface area contributed by atoms with Crippen molar-refractivity contribution in [1.82, 2.24) is 25.2 Å². The Bertz CT molecular complexity index is 730. The molecule has 0 atom stereocenters. The third kappa shape index (κ3) is 2.66. The number of hydrogen-bond donors (Lipinski definition) is 1. The second-order valence-electron chi connectivity index (χ2n) is 3.87. The van der Waals surface area contributed by atoms with Crippen LogP contribution in [0.2, 0.25) is 0 Å². The highest BCUT2D eigenvalue weighted by Gasteiger charge is 2.12. The van der Waals surface area contributed by atoms with E-state index in [0.717, 1.165) is 15.2 Å². The SMILES string of the molecule is Nc1cnc(Sc2nnnn2-c2ccccc2)c(Br)c1. The number of nitrogen functional groups attached to an aromatic ring is 1. The zero-order chi connectivity index (χ0) is 13.9. The highest BCUT2D eigenvalue weighted by Crippen LogP contribution is 2.31. The number of pyridine rings is 1. The molecule has 0 saturated heterocycles. The molecular formula is C12H9BrN6S. The number of benzene rings is 1. The van der Waals surface area contributed by atoms with Crippen LogP contribution in [0.4, 0.5) is 5.69 Å². The summed E-state index contributed by atoms with van der Waals surface area (Å²) in [4.78, 5) is 4.27. The van der Waals surface area contributed by atoms with Gasteiger partial charge in [-0.15, -0.1) is 5.10 Å². The highest BCUT2D eigenvalue weighted by atomic mass is 79.9. The Morgan fingerprint density at radius 2 is 2.00 bits per heavy atom. The fraction of sp³-hybridized carbons (Fsp3) is 0. The predicted molar refractivity (Wildman–Crippen MR) is 79.6 cm³/mol. The standard InChI is InChI=1S/C12H9BrN6S/c13-10-6-8(14)7-15-11(10)20-12-16-17-18-19(12)9-4-2-1-3-5-9/h1-7H,14H2. The van der Waals surface area contributed by atoms with E-state index in [4.69, 9.17) is 5.73 Å². The maximum Gasteiger partial charge on any atom is 0.220 e. The first-order valence-electron chi connectivity index (χ1n) is 5.67. The first-order valence-corrected chi connectivity index (χ1v) is 7.27. The van der Waals surface area contributed by atoms with E-state index in [1.54, 1.807) is 16.9 Å². The second-order valence-corrected chi connectivity index (χ2v) is 5.68. The van der Waals surface area contributed by atoms with Crippen LogP contribution in [0.15, 0.2) is 57.3 Å². The van der Waals surface area contributed by atoms with Gasteiger partial charge in [0.15, 0.2) is 0 Å². The number of hydrogen-bond acceptors (Lipinski definition) is 6. The van der Waals surface area contributed by atoms with E-state index in [9.17, 15) is 0 Å². The minimum Gasteiger partial charge on any atom is -0.397 e. The first kappa shape index (κ1) is 13.1. The summed E-state index contributed by atoms with van der Waals surface area (Å²) in [5.41, 5.74) is 7.17. The molecule has 2 heterocycles. The van der Waals surface area contributed by atoms with Crippen molar-refractivity contribution in [3.05, 3.63) is 47.1 Å². The van der Waals surface area contributed by atoms with Gasteiger partial charge < -0.3 is 5.73 Å². The minimum absolute atomic E-state index is 0.601. The van der Waals surface area contributed by atoms with Crippen LogP contribution < -0.4 is 5.73 Å². The van der Waals surface area contributed by atoms with Crippen molar-refractivity contribution in [3.8, 4) is 5.69 Å². The van der Waals surface area contributed by atoms with Crippen LogP contribution in [0, 0.1) is 0 Å². The van der Waals surface area contributed by atoms with E-state index in [0.29, 0.717) is 10.8 Å². The zero-order valence-corrected chi connectivity index (χ0v) is 12.5. The van der Waals surface area contributed by atoms with Crippen LogP contribution >= 0.6 is 27.7 Å². The Morgan fingerprint density at radius 3 is 2.75 bits per heavy atom. The number of nitrogens with zero attached hydrogens (tertiary/aromatic N) is 5. The van der Waals surface area contributed by atoms with Crippen molar-refractivity contribution in [3.63, 3.8) is 0 Å². The summed E-state index contributed by atoms with van der Waals surface area (Å²) in [6.07, 6.45) is 1.60. The number of nitrogens with two attached hydrogens (primary N) is 1. The molecule has 0 aliphatic rings. The van der Waals surface area contributed by atoms with Crippen molar-refractivity contribution < 1.29 is 0 Å². The number of tetrazole rings is 1. The lowest BCUT2D eigenvalue weighted by atomic mass is 10.3. The molecule has 0 saturated carbocycles. The maximum absolute atomic E-state index is 5.67. The average Bonchev–Trinajstić information content (AvgIpc) is 2.91. The third-order valence-electron chi connectivity index (χ3n) is 2.46. The third-order valence-corrected chi connectivity index (χ3v) is 4.28. The molecule has 2 aromatic heterocycles. The Hall–Kier alpha value is -1.93. The molecule has 3 aromatic rings. The normalized spacial score (nSPS) is 10.7. The first-order chi connectivity index (χ1) is 9.74. The molecular weight excluding hydrogens is 340 g/mol. The van der Waals surface area contributed by atoms with Crippen LogP contribution in [-0.4, -0.2) is 25.2 Å². The van der Waals surface area contributed by atoms with Gasteiger partial charge in [0.05, 0.1) is 22.0 Å². The number of para-hydroxylation sites is 1. The van der Waals surface area contributed by atoms with Crippen LogP contribution in [0.3, 0.4) is 0 Å². The van der Waals surface area contributed by atoms with Crippen molar-refractivity contribution in [2.45, 2.75) is 10.2 Å². The van der Waals surface area contributed by atoms with Gasteiger partial charge in [-0.05, 0) is 56.3 Å². The lowest BCUT2D eigenvalue weighted by molar-refractivity contribution is 0.756. The fourth-order valence-electron chi connectivity index (χ4n) is 1.58. The van der Waals surface area contributed by atoms with Gasteiger partial charge in [0.1, 0.15) is 5.03 Å². The second kappa shape index (κ2) is 5.59. The Labute approximate surface area is 127 Å². The number of halogens is 1. The van der Waals surface area contributed by atoms with Gasteiger partial charge in [0.2, 0.25) is 5.16 Å². The fourth-order valence-corrected chi connectivity index (χ4v) is 2.93. The summed E-state index contributed by atoms with van der Waals surface area (Å²) in [5.74, 6) is 0. The topological polar surface area (TPSA) is 82.5 Å². The lowest BCUT2D eigenvalue weighted by Gasteiger charge is -2.05. The molecule has 20 heavy (non-hydrogen) atoms. The van der Waals surface area contributed by atoms with Gasteiger partial charge in [-0.1, -0.05) is 18.2 Å². The molecule has 8 heteroatoms. The Balaban J connectivity index is 1.95. The van der Waals surface area contributed by atoms with Crippen molar-refractivity contribution in [2.24, 2.45) is 0 Å². The molecule has 0 aliphatic carbocycles. The molecule has 0 spiro atoms. The predicted octanol–water partition coefficient (Wildman–Crippen LogP) is 2.55. The summed E-state index contributed by atoms with van der Waals surface area (Å²) in [6, 6.07) is 11.5. The van der Waals surface area contributed by atoms with Gasteiger partial charge in [-0.25, -0.2) is 4.98 Å². The Morgan fingerprint density at radius 1 is 1.20 bits per heavy atom. The summed E-state index contributed by atoms with van der Waals surface area (Å²) in [5, 5.41) is 13.1. The van der Waals surface area contributed by atoms with Gasteiger partial charge >= 0.3 is 0 Å². The van der Waals surface area contributed by atoms with Gasteiger partial charge in [-0.3, -0.25) is 0 Å². The number of rotatable bonds is 3. The molecule has 1 aromatic carbocycles. The van der Waals surface area contributed by atoms with Crippen LogP contribution in [-0.2, 0) is 0 Å². The molecule has 0 amide bonds. The molecule has 6 nitrogen and oxygen atoms in total. The smallest absolute Gasteiger partial charge is 0.220 e. The zero-order valence-electron chi connectivity index (χ0n) is 10.1. The minimum atomic E-state index is 0.601. The van der Waals surface area contributed by atoms with Gasteiger partial charge in [0.25, 0.3) is 0 Å². The summed E-state index contributed by atoms with van der Waals surface area (Å²) < 4.78 is 2.47. The van der Waals surface area contributed by atoms with Crippen LogP contribution in [0.25, 0.3) is 5.69 Å². The van der Waals surface area contributed by atoms with Crippen molar-refractivity contribution in [2.75, 3.05) is 5.73 Å².